The first kappa shape index (κ1) is 11.8. The van der Waals surface area contributed by atoms with Gasteiger partial charge in [-0.3, -0.25) is 0 Å². The van der Waals surface area contributed by atoms with Gasteiger partial charge in [0.15, 0.2) is 12.4 Å². The van der Waals surface area contributed by atoms with Crippen LogP contribution in [-0.4, -0.2) is 31.1 Å². The van der Waals surface area contributed by atoms with Gasteiger partial charge in [0, 0.05) is 5.41 Å². The molecule has 0 saturated carbocycles. The Morgan fingerprint density at radius 2 is 2.40 bits per heavy atom. The van der Waals surface area contributed by atoms with E-state index in [9.17, 15) is 4.79 Å². The fourth-order valence-electron chi connectivity index (χ4n) is 1.43. The van der Waals surface area contributed by atoms with Crippen molar-refractivity contribution in [3.05, 3.63) is 12.7 Å². The molecule has 1 heterocycles. The summed E-state index contributed by atoms with van der Waals surface area (Å²) in [4.78, 5) is 15.5. The van der Waals surface area contributed by atoms with Gasteiger partial charge in [-0.05, 0) is 6.92 Å². The summed E-state index contributed by atoms with van der Waals surface area (Å²) in [6, 6.07) is -0.571. The molecule has 1 aliphatic heterocycles. The molecule has 0 saturated heterocycles. The van der Waals surface area contributed by atoms with E-state index in [4.69, 9.17) is 9.47 Å². The second kappa shape index (κ2) is 4.47. The molecule has 0 radical (unpaired) electrons. The van der Waals surface area contributed by atoms with Gasteiger partial charge in [-0.15, -0.1) is 6.58 Å². The fourth-order valence-corrected chi connectivity index (χ4v) is 1.43. The summed E-state index contributed by atoms with van der Waals surface area (Å²) in [6.07, 6.45) is 2.75. The molecule has 4 nitrogen and oxygen atoms in total. The number of esters is 1. The minimum atomic E-state index is -0.571. The van der Waals surface area contributed by atoms with Crippen molar-refractivity contribution in [2.45, 2.75) is 32.9 Å². The van der Waals surface area contributed by atoms with Gasteiger partial charge in [0.25, 0.3) is 0 Å². The van der Waals surface area contributed by atoms with Crippen LogP contribution in [0.4, 0.5) is 0 Å². The lowest BCUT2D eigenvalue weighted by molar-refractivity contribution is -0.147. The van der Waals surface area contributed by atoms with E-state index < -0.39 is 6.04 Å². The summed E-state index contributed by atoms with van der Waals surface area (Å²) in [6.45, 7) is 9.75. The second-order valence-electron chi connectivity index (χ2n) is 4.03. The van der Waals surface area contributed by atoms with Crippen molar-refractivity contribution in [2.24, 2.45) is 10.4 Å². The summed E-state index contributed by atoms with van der Waals surface area (Å²) in [5.74, 6) is -0.342. The van der Waals surface area contributed by atoms with Gasteiger partial charge in [-0.2, -0.15) is 0 Å². The zero-order valence-electron chi connectivity index (χ0n) is 9.40. The lowest BCUT2D eigenvalue weighted by Gasteiger charge is -2.29. The van der Waals surface area contributed by atoms with E-state index in [2.05, 4.69) is 11.6 Å². The van der Waals surface area contributed by atoms with Crippen molar-refractivity contribution in [3.8, 4) is 0 Å². The van der Waals surface area contributed by atoms with Crippen molar-refractivity contribution >= 4 is 12.4 Å². The number of carbonyl (C=O) groups is 1. The maximum Gasteiger partial charge on any atom is 0.334 e. The Labute approximate surface area is 90.0 Å². The predicted octanol–water partition coefficient (Wildman–Crippen LogP) is 1.56. The van der Waals surface area contributed by atoms with E-state index in [-0.39, 0.29) is 17.5 Å². The van der Waals surface area contributed by atoms with Crippen LogP contribution >= 0.6 is 0 Å². The Bertz CT molecular complexity index is 284. The number of nitrogens with zero attached hydrogens (tertiary/aromatic N) is 1. The van der Waals surface area contributed by atoms with Crippen molar-refractivity contribution in [1.29, 1.82) is 0 Å². The highest BCUT2D eigenvalue weighted by Gasteiger charge is 2.42. The van der Waals surface area contributed by atoms with Crippen LogP contribution in [0, 0.1) is 5.41 Å². The maximum absolute atomic E-state index is 11.6. The molecular formula is C11H17NO3. The largest absolute Gasteiger partial charge is 0.477 e. The van der Waals surface area contributed by atoms with Gasteiger partial charge in [0.1, 0.15) is 6.10 Å². The third kappa shape index (κ3) is 2.37. The van der Waals surface area contributed by atoms with Crippen LogP contribution in [0.1, 0.15) is 20.8 Å². The fraction of sp³-hybridized carbons (Fsp3) is 0.636. The average Bonchev–Trinajstić information content (AvgIpc) is 2.67. The zero-order valence-corrected chi connectivity index (χ0v) is 9.40. The Morgan fingerprint density at radius 1 is 1.73 bits per heavy atom. The minimum Gasteiger partial charge on any atom is -0.477 e. The monoisotopic (exact) mass is 211 g/mol. The molecule has 1 aliphatic rings. The van der Waals surface area contributed by atoms with Crippen LogP contribution in [0.15, 0.2) is 17.6 Å². The molecule has 0 spiro atoms. The van der Waals surface area contributed by atoms with Gasteiger partial charge >= 0.3 is 5.97 Å². The lowest BCUT2D eigenvalue weighted by atomic mass is 9.83. The first-order valence-electron chi connectivity index (χ1n) is 5.00. The molecular weight excluding hydrogens is 194 g/mol. The molecule has 0 aromatic heterocycles. The summed E-state index contributed by atoms with van der Waals surface area (Å²) in [7, 11) is 0. The number of aliphatic imine (C=N–C) groups is 1. The Hall–Kier alpha value is -1.32. The van der Waals surface area contributed by atoms with Crippen LogP contribution in [0.2, 0.25) is 0 Å². The quantitative estimate of drug-likeness (QED) is 0.523. The van der Waals surface area contributed by atoms with Crippen LogP contribution in [0.5, 0.6) is 0 Å². The SMILES string of the molecule is C=CC(C)(C)C1OC=NC1C(=O)OCC. The number of hydrogen-bond donors (Lipinski definition) is 0. The molecule has 0 aliphatic carbocycles. The van der Waals surface area contributed by atoms with Gasteiger partial charge in [0.2, 0.25) is 0 Å². The summed E-state index contributed by atoms with van der Waals surface area (Å²) in [5, 5.41) is 0. The maximum atomic E-state index is 11.6. The van der Waals surface area contributed by atoms with Crippen molar-refractivity contribution < 1.29 is 14.3 Å². The molecule has 2 unspecified atom stereocenters. The van der Waals surface area contributed by atoms with E-state index in [1.165, 1.54) is 6.40 Å². The summed E-state index contributed by atoms with van der Waals surface area (Å²) in [5.41, 5.74) is -0.312. The predicted molar refractivity (Wildman–Crippen MR) is 57.8 cm³/mol. The van der Waals surface area contributed by atoms with Gasteiger partial charge in [-0.1, -0.05) is 19.9 Å². The number of rotatable bonds is 4. The molecule has 0 aromatic rings. The molecule has 0 N–H and O–H groups in total. The summed E-state index contributed by atoms with van der Waals surface area (Å²) >= 11 is 0. The van der Waals surface area contributed by atoms with E-state index >= 15 is 0 Å². The molecule has 4 heteroatoms. The normalized spacial score (nSPS) is 24.7. The van der Waals surface area contributed by atoms with Gasteiger partial charge < -0.3 is 9.47 Å². The molecule has 2 atom stereocenters. The van der Waals surface area contributed by atoms with Gasteiger partial charge in [-0.25, -0.2) is 9.79 Å². The van der Waals surface area contributed by atoms with Crippen LogP contribution in [-0.2, 0) is 14.3 Å². The summed E-state index contributed by atoms with van der Waals surface area (Å²) < 4.78 is 10.3. The molecule has 84 valence electrons. The standard InChI is InChI=1S/C11H17NO3/c1-5-11(3,4)9-8(12-7-15-9)10(13)14-6-2/h5,7-9H,1,6H2,2-4H3. The average molecular weight is 211 g/mol. The Morgan fingerprint density at radius 3 is 2.93 bits per heavy atom. The highest BCUT2D eigenvalue weighted by Crippen LogP contribution is 2.31. The first-order chi connectivity index (χ1) is 7.03. The van der Waals surface area contributed by atoms with Gasteiger partial charge in [0.05, 0.1) is 6.61 Å². The smallest absolute Gasteiger partial charge is 0.334 e. The highest BCUT2D eigenvalue weighted by atomic mass is 16.5. The molecule has 0 fully saturated rings. The molecule has 1 rings (SSSR count). The van der Waals surface area contributed by atoms with E-state index in [1.807, 2.05) is 13.8 Å². The van der Waals surface area contributed by atoms with E-state index in [0.717, 1.165) is 0 Å². The third-order valence-corrected chi connectivity index (χ3v) is 2.50. The van der Waals surface area contributed by atoms with Crippen molar-refractivity contribution in [2.75, 3.05) is 6.61 Å². The molecule has 0 bridgehead atoms. The Kier molecular flexibility index (Phi) is 3.50. The molecule has 0 aromatic carbocycles. The third-order valence-electron chi connectivity index (χ3n) is 2.50. The van der Waals surface area contributed by atoms with Crippen molar-refractivity contribution in [1.82, 2.24) is 0 Å². The Balaban J connectivity index is 2.76. The lowest BCUT2D eigenvalue weighted by Crippen LogP contribution is -2.41. The minimum absolute atomic E-state index is 0.312. The van der Waals surface area contributed by atoms with Crippen molar-refractivity contribution in [3.63, 3.8) is 0 Å². The topological polar surface area (TPSA) is 47.9 Å². The van der Waals surface area contributed by atoms with E-state index in [0.29, 0.717) is 6.61 Å². The number of ether oxygens (including phenoxy) is 2. The van der Waals surface area contributed by atoms with E-state index in [1.54, 1.807) is 13.0 Å². The highest BCUT2D eigenvalue weighted by molar-refractivity contribution is 5.80. The van der Waals surface area contributed by atoms with Crippen LogP contribution in [0.3, 0.4) is 0 Å². The molecule has 15 heavy (non-hydrogen) atoms. The zero-order chi connectivity index (χ0) is 11.5. The van der Waals surface area contributed by atoms with Crippen LogP contribution in [0.25, 0.3) is 0 Å². The number of carbonyl (C=O) groups excluding carboxylic acids is 1. The van der Waals surface area contributed by atoms with Crippen LogP contribution < -0.4 is 0 Å². The molecule has 0 amide bonds. The number of hydrogen-bond acceptors (Lipinski definition) is 4. The second-order valence-corrected chi connectivity index (χ2v) is 4.03. The first-order valence-corrected chi connectivity index (χ1v) is 5.00.